The van der Waals surface area contributed by atoms with E-state index in [9.17, 15) is 10.1 Å². The molecule has 0 atom stereocenters. The third-order valence-electron chi connectivity index (χ3n) is 5.97. The lowest BCUT2D eigenvalue weighted by atomic mass is 9.99. The number of rotatable bonds is 8. The summed E-state index contributed by atoms with van der Waals surface area (Å²) in [6.07, 6.45) is 7.67. The zero-order valence-corrected chi connectivity index (χ0v) is 19.1. The van der Waals surface area contributed by atoms with Gasteiger partial charge in [-0.1, -0.05) is 48.5 Å². The number of imidazole rings is 1. The molecular weight excluding hydrogens is 434 g/mol. The van der Waals surface area contributed by atoms with Crippen molar-refractivity contribution in [2.45, 2.75) is 25.8 Å². The van der Waals surface area contributed by atoms with Gasteiger partial charge in [0.2, 0.25) is 0 Å². The number of aryl methyl sites for hydroxylation is 1. The summed E-state index contributed by atoms with van der Waals surface area (Å²) in [5.41, 5.74) is 5.50. The van der Waals surface area contributed by atoms with Gasteiger partial charge in [0.05, 0.1) is 40.4 Å². The van der Waals surface area contributed by atoms with Crippen molar-refractivity contribution in [2.75, 3.05) is 0 Å². The Morgan fingerprint density at radius 1 is 0.886 bits per heavy atom. The van der Waals surface area contributed by atoms with E-state index in [-0.39, 0.29) is 5.78 Å². The first-order valence-electron chi connectivity index (χ1n) is 11.6. The lowest BCUT2D eigenvalue weighted by Gasteiger charge is -2.12. The third-order valence-corrected chi connectivity index (χ3v) is 5.97. The molecule has 0 N–H and O–H groups in total. The Labute approximate surface area is 203 Å². The minimum Gasteiger partial charge on any atom is -0.337 e. The molecule has 0 radical (unpaired) electrons. The number of nitriles is 1. The van der Waals surface area contributed by atoms with Crippen molar-refractivity contribution < 1.29 is 4.79 Å². The van der Waals surface area contributed by atoms with Gasteiger partial charge in [0, 0.05) is 42.0 Å². The van der Waals surface area contributed by atoms with Crippen LogP contribution in [0.3, 0.4) is 0 Å². The van der Waals surface area contributed by atoms with Crippen molar-refractivity contribution in [3.8, 4) is 28.6 Å². The molecule has 2 heterocycles. The molecule has 0 saturated carbocycles. The highest BCUT2D eigenvalue weighted by Crippen LogP contribution is 2.33. The molecule has 0 saturated heterocycles. The molecule has 6 heteroatoms. The molecule has 0 bridgehead atoms. The monoisotopic (exact) mass is 457 g/mol. The topological polar surface area (TPSA) is 84.5 Å². The van der Waals surface area contributed by atoms with Crippen LogP contribution in [0.1, 0.15) is 35.2 Å². The van der Waals surface area contributed by atoms with Crippen molar-refractivity contribution in [1.29, 1.82) is 5.26 Å². The number of Topliss-reactive ketones (excluding diaryl/α,β-unsaturated/α-hetero) is 1. The molecule has 3 aromatic carbocycles. The standard InChI is InChI=1S/C29H23N5O/c30-19-23-10-4-5-11-24(23)29-28(21-8-2-1-3-9-21)33-26-18-22(13-14-25(26)32-29)27(35)12-6-7-16-34-17-15-31-20-34/h1-5,8-11,13-15,17-18,20H,6-7,12,16H2. The van der Waals surface area contributed by atoms with E-state index in [4.69, 9.17) is 9.97 Å². The number of benzene rings is 3. The van der Waals surface area contributed by atoms with Crippen molar-refractivity contribution in [1.82, 2.24) is 19.5 Å². The average molecular weight is 458 g/mol. The smallest absolute Gasteiger partial charge is 0.162 e. The van der Waals surface area contributed by atoms with Crippen molar-refractivity contribution >= 4 is 16.8 Å². The van der Waals surface area contributed by atoms with Crippen LogP contribution in [0, 0.1) is 11.3 Å². The van der Waals surface area contributed by atoms with Crippen LogP contribution in [0.4, 0.5) is 0 Å². The van der Waals surface area contributed by atoms with Crippen LogP contribution >= 0.6 is 0 Å². The zero-order valence-electron chi connectivity index (χ0n) is 19.1. The fraction of sp³-hybridized carbons (Fsp3) is 0.138. The molecular formula is C29H23N5O. The number of hydrogen-bond donors (Lipinski definition) is 0. The number of aromatic nitrogens is 4. The van der Waals surface area contributed by atoms with E-state index >= 15 is 0 Å². The van der Waals surface area contributed by atoms with Gasteiger partial charge in [-0.3, -0.25) is 4.79 Å². The molecule has 5 rings (SSSR count). The van der Waals surface area contributed by atoms with Crippen LogP contribution in [0.2, 0.25) is 0 Å². The molecule has 0 aliphatic rings. The van der Waals surface area contributed by atoms with Crippen molar-refractivity contribution in [2.24, 2.45) is 0 Å². The van der Waals surface area contributed by atoms with E-state index in [0.717, 1.165) is 30.5 Å². The van der Waals surface area contributed by atoms with Gasteiger partial charge in [-0.2, -0.15) is 5.26 Å². The SMILES string of the molecule is N#Cc1ccccc1-c1nc2ccc(C(=O)CCCCn3ccnc3)cc2nc1-c1ccccc1. The van der Waals surface area contributed by atoms with Crippen molar-refractivity contribution in [3.63, 3.8) is 0 Å². The van der Waals surface area contributed by atoms with Gasteiger partial charge in [0.1, 0.15) is 0 Å². The molecule has 0 spiro atoms. The second kappa shape index (κ2) is 10.1. The maximum absolute atomic E-state index is 12.9. The lowest BCUT2D eigenvalue weighted by Crippen LogP contribution is -2.02. The Morgan fingerprint density at radius 2 is 1.69 bits per heavy atom. The lowest BCUT2D eigenvalue weighted by molar-refractivity contribution is 0.0979. The summed E-state index contributed by atoms with van der Waals surface area (Å²) < 4.78 is 2.02. The van der Waals surface area contributed by atoms with Gasteiger partial charge in [0.15, 0.2) is 5.78 Å². The zero-order chi connectivity index (χ0) is 24.0. The Balaban J connectivity index is 1.48. The predicted octanol–water partition coefficient (Wildman–Crippen LogP) is 6.09. The van der Waals surface area contributed by atoms with Crippen LogP contribution in [0.15, 0.2) is 91.5 Å². The summed E-state index contributed by atoms with van der Waals surface area (Å²) in [7, 11) is 0. The number of ketones is 1. The molecule has 0 amide bonds. The summed E-state index contributed by atoms with van der Waals surface area (Å²) in [5.74, 6) is 0.0968. The van der Waals surface area contributed by atoms with E-state index in [2.05, 4.69) is 11.1 Å². The predicted molar refractivity (Wildman–Crippen MR) is 136 cm³/mol. The number of carbonyl (C=O) groups is 1. The fourth-order valence-corrected chi connectivity index (χ4v) is 4.14. The first kappa shape index (κ1) is 22.2. The van der Waals surface area contributed by atoms with Gasteiger partial charge in [-0.25, -0.2) is 15.0 Å². The maximum atomic E-state index is 12.9. The molecule has 35 heavy (non-hydrogen) atoms. The quantitative estimate of drug-likeness (QED) is 0.208. The highest BCUT2D eigenvalue weighted by Gasteiger charge is 2.17. The van der Waals surface area contributed by atoms with Gasteiger partial charge in [0.25, 0.3) is 0 Å². The Hall–Kier alpha value is -4.63. The molecule has 170 valence electrons. The average Bonchev–Trinajstić information content (AvgIpc) is 3.44. The highest BCUT2D eigenvalue weighted by atomic mass is 16.1. The van der Waals surface area contributed by atoms with Crippen LogP contribution in [-0.2, 0) is 6.54 Å². The van der Waals surface area contributed by atoms with Crippen LogP contribution in [0.25, 0.3) is 33.5 Å². The number of unbranched alkanes of at least 4 members (excludes halogenated alkanes) is 1. The van der Waals surface area contributed by atoms with Crippen LogP contribution < -0.4 is 0 Å². The van der Waals surface area contributed by atoms with Crippen LogP contribution in [0.5, 0.6) is 0 Å². The summed E-state index contributed by atoms with van der Waals surface area (Å²) in [4.78, 5) is 26.8. The second-order valence-corrected chi connectivity index (χ2v) is 8.33. The molecule has 0 unspecified atom stereocenters. The molecule has 5 aromatic rings. The normalized spacial score (nSPS) is 10.8. The number of hydrogen-bond acceptors (Lipinski definition) is 5. The summed E-state index contributed by atoms with van der Waals surface area (Å²) in [5, 5.41) is 9.65. The summed E-state index contributed by atoms with van der Waals surface area (Å²) in [6.45, 7) is 0.851. The molecule has 0 aliphatic carbocycles. The minimum atomic E-state index is 0.0968. The fourth-order valence-electron chi connectivity index (χ4n) is 4.14. The van der Waals surface area contributed by atoms with Crippen LogP contribution in [-0.4, -0.2) is 25.3 Å². The number of carbonyl (C=O) groups excluding carboxylic acids is 1. The first-order valence-corrected chi connectivity index (χ1v) is 11.6. The number of fused-ring (bicyclic) bond motifs is 1. The van der Waals surface area contributed by atoms with E-state index in [0.29, 0.717) is 40.0 Å². The molecule has 6 nitrogen and oxygen atoms in total. The van der Waals surface area contributed by atoms with Gasteiger partial charge < -0.3 is 4.57 Å². The van der Waals surface area contributed by atoms with E-state index in [1.807, 2.05) is 77.5 Å². The maximum Gasteiger partial charge on any atom is 0.162 e. The minimum absolute atomic E-state index is 0.0968. The van der Waals surface area contributed by atoms with Gasteiger partial charge in [-0.05, 0) is 37.1 Å². The Kier molecular flexibility index (Phi) is 6.40. The molecule has 0 fully saturated rings. The number of nitrogens with zero attached hydrogens (tertiary/aromatic N) is 5. The first-order chi connectivity index (χ1) is 17.2. The van der Waals surface area contributed by atoms with E-state index in [1.54, 1.807) is 18.6 Å². The molecule has 0 aliphatic heterocycles. The largest absolute Gasteiger partial charge is 0.337 e. The Morgan fingerprint density at radius 3 is 2.49 bits per heavy atom. The van der Waals surface area contributed by atoms with Crippen molar-refractivity contribution in [3.05, 3.63) is 103 Å². The second-order valence-electron chi connectivity index (χ2n) is 8.33. The highest BCUT2D eigenvalue weighted by molar-refractivity contribution is 5.99. The van der Waals surface area contributed by atoms with E-state index < -0.39 is 0 Å². The Bertz CT molecular complexity index is 1520. The summed E-state index contributed by atoms with van der Waals surface area (Å²) in [6, 6.07) is 25.0. The van der Waals surface area contributed by atoms with Gasteiger partial charge >= 0.3 is 0 Å². The third kappa shape index (κ3) is 4.85. The van der Waals surface area contributed by atoms with Gasteiger partial charge in [-0.15, -0.1) is 0 Å². The van der Waals surface area contributed by atoms with E-state index in [1.165, 1.54) is 0 Å². The summed E-state index contributed by atoms with van der Waals surface area (Å²) >= 11 is 0. The molecule has 2 aromatic heterocycles.